The lowest BCUT2D eigenvalue weighted by molar-refractivity contribution is 0.132. The minimum atomic E-state index is -0.309. The average Bonchev–Trinajstić information content (AvgIpc) is 2.95. The summed E-state index contributed by atoms with van der Waals surface area (Å²) in [5.74, 6) is 0. The van der Waals surface area contributed by atoms with E-state index in [1.54, 1.807) is 11.3 Å². The molecule has 0 saturated carbocycles. The van der Waals surface area contributed by atoms with Gasteiger partial charge in [0, 0.05) is 25.3 Å². The second-order valence-electron chi connectivity index (χ2n) is 5.59. The van der Waals surface area contributed by atoms with Crippen molar-refractivity contribution in [3.05, 3.63) is 29.3 Å². The van der Waals surface area contributed by atoms with Crippen molar-refractivity contribution in [2.24, 2.45) is 0 Å². The smallest absolute Gasteiger partial charge is 0.407 e. The molecular weight excluding hydrogens is 298 g/mol. The molecular formula is C16H21N3O2S. The Morgan fingerprint density at radius 3 is 3.36 bits per heavy atom. The van der Waals surface area contributed by atoms with Crippen LogP contribution in [-0.2, 0) is 11.3 Å². The number of carbonyl (C=O) groups excluding carboxylic acids is 1. The van der Waals surface area contributed by atoms with Crippen molar-refractivity contribution < 1.29 is 9.53 Å². The molecule has 2 aromatic rings. The number of alkyl carbamates (subject to hydrolysis) is 1. The van der Waals surface area contributed by atoms with Crippen molar-refractivity contribution in [3.63, 3.8) is 0 Å². The summed E-state index contributed by atoms with van der Waals surface area (Å²) in [7, 11) is 0. The number of amides is 1. The third-order valence-corrected chi connectivity index (χ3v) is 4.72. The van der Waals surface area contributed by atoms with E-state index in [-0.39, 0.29) is 12.1 Å². The molecule has 1 aliphatic rings. The molecule has 0 aliphatic carbocycles. The van der Waals surface area contributed by atoms with Crippen LogP contribution in [0.1, 0.15) is 25.3 Å². The van der Waals surface area contributed by atoms with Gasteiger partial charge in [-0.1, -0.05) is 0 Å². The number of nitrogens with zero attached hydrogens (tertiary/aromatic N) is 2. The van der Waals surface area contributed by atoms with E-state index >= 15 is 0 Å². The van der Waals surface area contributed by atoms with E-state index in [4.69, 9.17) is 4.74 Å². The fraction of sp³-hybridized carbons (Fsp3) is 0.500. The number of carbonyl (C=O) groups is 1. The Bertz CT molecular complexity index is 643. The van der Waals surface area contributed by atoms with Crippen LogP contribution in [0.5, 0.6) is 0 Å². The highest BCUT2D eigenvalue weighted by Gasteiger charge is 2.22. The number of thiophene rings is 1. The third-order valence-electron chi connectivity index (χ3n) is 3.87. The Labute approximate surface area is 134 Å². The first-order chi connectivity index (χ1) is 10.7. The zero-order chi connectivity index (χ0) is 15.4. The van der Waals surface area contributed by atoms with Crippen LogP contribution in [0, 0.1) is 0 Å². The predicted molar refractivity (Wildman–Crippen MR) is 88.1 cm³/mol. The van der Waals surface area contributed by atoms with Gasteiger partial charge in [0.05, 0.1) is 16.8 Å². The lowest BCUT2D eigenvalue weighted by atomic mass is 10.1. The first-order valence-corrected chi connectivity index (χ1v) is 8.60. The number of piperidine rings is 1. The van der Waals surface area contributed by atoms with Crippen LogP contribution in [0.3, 0.4) is 0 Å². The van der Waals surface area contributed by atoms with E-state index in [2.05, 4.69) is 26.6 Å². The number of nitrogens with one attached hydrogen (secondary N) is 1. The standard InChI is InChI=1S/C16H21N3O2S/c1-2-21-16(20)18-13-4-3-6-19(11-13)10-12-8-15-14(17-9-12)5-7-22-15/h5,7-9,13H,2-4,6,10-11H2,1H3,(H,18,20)/t13-/m0/s1. The lowest BCUT2D eigenvalue weighted by Gasteiger charge is -2.32. The molecule has 0 aromatic carbocycles. The lowest BCUT2D eigenvalue weighted by Crippen LogP contribution is -2.47. The summed E-state index contributed by atoms with van der Waals surface area (Å²) in [5, 5.41) is 5.02. The molecule has 1 aliphatic heterocycles. The molecule has 22 heavy (non-hydrogen) atoms. The summed E-state index contributed by atoms with van der Waals surface area (Å²) in [4.78, 5) is 18.4. The number of pyridine rings is 1. The highest BCUT2D eigenvalue weighted by Crippen LogP contribution is 2.21. The quantitative estimate of drug-likeness (QED) is 0.941. The molecule has 1 fully saturated rings. The van der Waals surface area contributed by atoms with Crippen molar-refractivity contribution in [2.45, 2.75) is 32.4 Å². The molecule has 0 radical (unpaired) electrons. The van der Waals surface area contributed by atoms with Crippen molar-refractivity contribution in [1.82, 2.24) is 15.2 Å². The van der Waals surface area contributed by atoms with E-state index in [0.717, 1.165) is 38.0 Å². The molecule has 1 saturated heterocycles. The summed E-state index contributed by atoms with van der Waals surface area (Å²) in [5.41, 5.74) is 2.29. The number of aromatic nitrogens is 1. The first kappa shape index (κ1) is 15.2. The van der Waals surface area contributed by atoms with Crippen molar-refractivity contribution in [2.75, 3.05) is 19.7 Å². The predicted octanol–water partition coefficient (Wildman–Crippen LogP) is 3.01. The van der Waals surface area contributed by atoms with E-state index in [1.807, 2.05) is 19.2 Å². The second-order valence-corrected chi connectivity index (χ2v) is 6.53. The first-order valence-electron chi connectivity index (χ1n) is 7.72. The molecule has 0 spiro atoms. The molecule has 3 rings (SSSR count). The van der Waals surface area contributed by atoms with Gasteiger partial charge in [-0.3, -0.25) is 9.88 Å². The fourth-order valence-corrected chi connectivity index (χ4v) is 3.69. The molecule has 1 amide bonds. The highest BCUT2D eigenvalue weighted by atomic mass is 32.1. The van der Waals surface area contributed by atoms with Crippen molar-refractivity contribution in [3.8, 4) is 0 Å². The molecule has 2 aromatic heterocycles. The van der Waals surface area contributed by atoms with E-state index in [9.17, 15) is 4.79 Å². The van der Waals surface area contributed by atoms with Crippen LogP contribution in [0.4, 0.5) is 4.79 Å². The highest BCUT2D eigenvalue weighted by molar-refractivity contribution is 7.17. The summed E-state index contributed by atoms with van der Waals surface area (Å²) < 4.78 is 6.19. The second kappa shape index (κ2) is 7.07. The van der Waals surface area contributed by atoms with Gasteiger partial charge in [0.1, 0.15) is 0 Å². The summed E-state index contributed by atoms with van der Waals surface area (Å²) >= 11 is 1.72. The Hall–Kier alpha value is -1.66. The monoisotopic (exact) mass is 319 g/mol. The van der Waals surface area contributed by atoms with Crippen LogP contribution >= 0.6 is 11.3 Å². The fourth-order valence-electron chi connectivity index (χ4n) is 2.89. The van der Waals surface area contributed by atoms with Gasteiger partial charge < -0.3 is 10.1 Å². The van der Waals surface area contributed by atoms with Gasteiger partial charge in [0.2, 0.25) is 0 Å². The number of fused-ring (bicyclic) bond motifs is 1. The Balaban J connectivity index is 1.58. The number of ether oxygens (including phenoxy) is 1. The van der Waals surface area contributed by atoms with Gasteiger partial charge >= 0.3 is 6.09 Å². The minimum Gasteiger partial charge on any atom is -0.450 e. The molecule has 5 nitrogen and oxygen atoms in total. The SMILES string of the molecule is CCOC(=O)N[C@H]1CCCN(Cc2cnc3ccsc3c2)C1. The Kier molecular flexibility index (Phi) is 4.90. The maximum Gasteiger partial charge on any atom is 0.407 e. The average molecular weight is 319 g/mol. The van der Waals surface area contributed by atoms with Crippen LogP contribution < -0.4 is 5.32 Å². The van der Waals surface area contributed by atoms with Gasteiger partial charge in [0.25, 0.3) is 0 Å². The molecule has 0 bridgehead atoms. The van der Waals surface area contributed by atoms with Gasteiger partial charge in [-0.2, -0.15) is 0 Å². The molecule has 1 atom stereocenters. The molecule has 0 unspecified atom stereocenters. The number of rotatable bonds is 4. The summed E-state index contributed by atoms with van der Waals surface area (Å²) in [6, 6.07) is 4.44. The molecule has 3 heterocycles. The Morgan fingerprint density at radius 2 is 2.50 bits per heavy atom. The maximum absolute atomic E-state index is 11.5. The van der Waals surface area contributed by atoms with Gasteiger partial charge in [-0.05, 0) is 49.4 Å². The number of likely N-dealkylation sites (tertiary alicyclic amines) is 1. The Morgan fingerprint density at radius 1 is 1.59 bits per heavy atom. The number of hydrogen-bond acceptors (Lipinski definition) is 5. The third kappa shape index (κ3) is 3.75. The maximum atomic E-state index is 11.5. The zero-order valence-corrected chi connectivity index (χ0v) is 13.6. The van der Waals surface area contributed by atoms with Gasteiger partial charge in [0.15, 0.2) is 0 Å². The van der Waals surface area contributed by atoms with Crippen LogP contribution in [-0.4, -0.2) is 41.7 Å². The van der Waals surface area contributed by atoms with E-state index < -0.39 is 0 Å². The molecule has 1 N–H and O–H groups in total. The largest absolute Gasteiger partial charge is 0.450 e. The van der Waals surface area contributed by atoms with Crippen LogP contribution in [0.2, 0.25) is 0 Å². The van der Waals surface area contributed by atoms with Crippen molar-refractivity contribution in [1.29, 1.82) is 0 Å². The normalized spacial score (nSPS) is 19.2. The summed E-state index contributed by atoms with van der Waals surface area (Å²) in [6.45, 7) is 5.03. The van der Waals surface area contributed by atoms with Crippen LogP contribution in [0.15, 0.2) is 23.7 Å². The van der Waals surface area contributed by atoms with Gasteiger partial charge in [-0.25, -0.2) is 4.79 Å². The van der Waals surface area contributed by atoms with Crippen molar-refractivity contribution >= 4 is 27.6 Å². The van der Waals surface area contributed by atoms with E-state index in [0.29, 0.717) is 6.61 Å². The topological polar surface area (TPSA) is 54.5 Å². The van der Waals surface area contributed by atoms with Crippen LogP contribution in [0.25, 0.3) is 10.2 Å². The van der Waals surface area contributed by atoms with E-state index in [1.165, 1.54) is 10.3 Å². The molecule has 118 valence electrons. The number of hydrogen-bond donors (Lipinski definition) is 1. The zero-order valence-electron chi connectivity index (χ0n) is 12.7. The summed E-state index contributed by atoms with van der Waals surface area (Å²) in [6.07, 6.45) is 3.75. The van der Waals surface area contributed by atoms with Gasteiger partial charge in [-0.15, -0.1) is 11.3 Å². The molecule has 6 heteroatoms. The minimum absolute atomic E-state index is 0.172.